The van der Waals surface area contributed by atoms with Crippen molar-refractivity contribution in [1.29, 1.82) is 0 Å². The van der Waals surface area contributed by atoms with Crippen molar-refractivity contribution in [2.75, 3.05) is 0 Å². The quantitative estimate of drug-likeness (QED) is 0.665. The van der Waals surface area contributed by atoms with E-state index < -0.39 is 5.97 Å². The number of carboxylic acid groups (broad SMARTS) is 1. The number of carboxylic acids is 1. The maximum Gasteiger partial charge on any atom is 0.310 e. The van der Waals surface area contributed by atoms with Gasteiger partial charge in [-0.15, -0.1) is 0 Å². The van der Waals surface area contributed by atoms with Crippen LogP contribution in [0.3, 0.4) is 0 Å². The molecule has 0 heterocycles. The Morgan fingerprint density at radius 2 is 1.48 bits per heavy atom. The summed E-state index contributed by atoms with van der Waals surface area (Å²) >= 11 is 0. The van der Waals surface area contributed by atoms with Crippen molar-refractivity contribution in [3.63, 3.8) is 0 Å². The average molecular weight is 365 g/mol. The van der Waals surface area contributed by atoms with Crippen molar-refractivity contribution in [3.8, 4) is 0 Å². The molecular formula is C25H32O2. The number of aliphatic carboxylic acids is 1. The van der Waals surface area contributed by atoms with Crippen LogP contribution in [0.25, 0.3) is 0 Å². The highest BCUT2D eigenvalue weighted by atomic mass is 16.4. The van der Waals surface area contributed by atoms with Crippen molar-refractivity contribution >= 4 is 5.97 Å². The number of benzene rings is 2. The van der Waals surface area contributed by atoms with E-state index in [2.05, 4.69) is 70.2 Å². The molecule has 0 saturated carbocycles. The Morgan fingerprint density at radius 3 is 2.07 bits per heavy atom. The van der Waals surface area contributed by atoms with Crippen LogP contribution in [-0.2, 0) is 17.6 Å². The highest BCUT2D eigenvalue weighted by Gasteiger charge is 2.32. The topological polar surface area (TPSA) is 37.3 Å². The van der Waals surface area contributed by atoms with Gasteiger partial charge in [0.15, 0.2) is 0 Å². The largest absolute Gasteiger partial charge is 0.481 e. The van der Waals surface area contributed by atoms with Gasteiger partial charge < -0.3 is 5.11 Å². The Hall–Kier alpha value is -2.09. The van der Waals surface area contributed by atoms with Gasteiger partial charge in [0.2, 0.25) is 0 Å². The fourth-order valence-electron chi connectivity index (χ4n) is 4.45. The third-order valence-corrected chi connectivity index (χ3v) is 5.61. The predicted octanol–water partition coefficient (Wildman–Crippen LogP) is 6.18. The van der Waals surface area contributed by atoms with Gasteiger partial charge in [-0.1, -0.05) is 70.2 Å². The summed E-state index contributed by atoms with van der Waals surface area (Å²) in [5.41, 5.74) is 6.24. The minimum Gasteiger partial charge on any atom is -0.481 e. The lowest BCUT2D eigenvalue weighted by Crippen LogP contribution is -2.21. The van der Waals surface area contributed by atoms with Crippen molar-refractivity contribution in [3.05, 3.63) is 70.3 Å². The highest BCUT2D eigenvalue weighted by Crippen LogP contribution is 2.43. The summed E-state index contributed by atoms with van der Waals surface area (Å²) in [7, 11) is 0. The molecule has 0 bridgehead atoms. The monoisotopic (exact) mass is 364 g/mol. The van der Waals surface area contributed by atoms with Crippen LogP contribution < -0.4 is 0 Å². The zero-order chi connectivity index (χ0) is 19.6. The van der Waals surface area contributed by atoms with Gasteiger partial charge in [-0.3, -0.25) is 4.79 Å². The van der Waals surface area contributed by atoms with Crippen molar-refractivity contribution in [2.24, 2.45) is 11.8 Å². The summed E-state index contributed by atoms with van der Waals surface area (Å²) in [4.78, 5) is 11.8. The number of hydrogen-bond acceptors (Lipinski definition) is 1. The lowest BCUT2D eigenvalue weighted by atomic mass is 9.73. The third kappa shape index (κ3) is 4.61. The first kappa shape index (κ1) is 19.7. The van der Waals surface area contributed by atoms with Gasteiger partial charge in [-0.25, -0.2) is 0 Å². The summed E-state index contributed by atoms with van der Waals surface area (Å²) in [6.07, 6.45) is 3.75. The predicted molar refractivity (Wildman–Crippen MR) is 111 cm³/mol. The second kappa shape index (κ2) is 8.29. The van der Waals surface area contributed by atoms with Crippen molar-refractivity contribution < 1.29 is 9.90 Å². The first-order valence-electron chi connectivity index (χ1n) is 10.3. The van der Waals surface area contributed by atoms with Gasteiger partial charge in [0.25, 0.3) is 0 Å². The molecule has 0 radical (unpaired) electrons. The molecule has 144 valence electrons. The molecule has 0 aliphatic heterocycles. The molecule has 0 spiro atoms. The fraction of sp³-hybridized carbons (Fsp3) is 0.480. The van der Waals surface area contributed by atoms with Crippen LogP contribution in [0.4, 0.5) is 0 Å². The van der Waals surface area contributed by atoms with Crippen molar-refractivity contribution in [1.82, 2.24) is 0 Å². The van der Waals surface area contributed by atoms with Crippen LogP contribution in [0.2, 0.25) is 0 Å². The normalized spacial score (nSPS) is 19.3. The number of rotatable bonds is 6. The Morgan fingerprint density at radius 1 is 0.889 bits per heavy atom. The third-order valence-electron chi connectivity index (χ3n) is 5.61. The molecule has 2 aromatic carbocycles. The van der Waals surface area contributed by atoms with Gasteiger partial charge in [0.1, 0.15) is 0 Å². The fourth-order valence-corrected chi connectivity index (χ4v) is 4.45. The molecule has 1 N–H and O–H groups in total. The Balaban J connectivity index is 1.97. The smallest absolute Gasteiger partial charge is 0.310 e. The molecule has 0 fully saturated rings. The van der Waals surface area contributed by atoms with Gasteiger partial charge in [0, 0.05) is 5.92 Å². The van der Waals surface area contributed by atoms with Crippen LogP contribution in [-0.4, -0.2) is 11.1 Å². The van der Waals surface area contributed by atoms with Gasteiger partial charge >= 0.3 is 5.97 Å². The Labute approximate surface area is 163 Å². The molecule has 2 atom stereocenters. The average Bonchev–Trinajstić information content (AvgIpc) is 2.60. The van der Waals surface area contributed by atoms with E-state index in [4.69, 9.17) is 0 Å². The zero-order valence-electron chi connectivity index (χ0n) is 17.0. The lowest BCUT2D eigenvalue weighted by molar-refractivity contribution is -0.139. The summed E-state index contributed by atoms with van der Waals surface area (Å²) < 4.78 is 0. The number of fused-ring (bicyclic) bond motifs is 1. The van der Waals surface area contributed by atoms with E-state index in [1.54, 1.807) is 0 Å². The van der Waals surface area contributed by atoms with E-state index >= 15 is 0 Å². The lowest BCUT2D eigenvalue weighted by Gasteiger charge is -2.31. The van der Waals surface area contributed by atoms with Gasteiger partial charge in [-0.2, -0.15) is 0 Å². The maximum absolute atomic E-state index is 11.8. The molecule has 27 heavy (non-hydrogen) atoms. The molecule has 0 aromatic heterocycles. The van der Waals surface area contributed by atoms with Crippen LogP contribution >= 0.6 is 0 Å². The second-order valence-corrected chi connectivity index (χ2v) is 8.92. The van der Waals surface area contributed by atoms with E-state index in [0.29, 0.717) is 24.2 Å². The molecule has 3 rings (SSSR count). The summed E-state index contributed by atoms with van der Waals surface area (Å²) in [6, 6.07) is 15.5. The molecule has 2 unspecified atom stereocenters. The zero-order valence-corrected chi connectivity index (χ0v) is 17.0. The molecule has 0 saturated heterocycles. The Bertz CT molecular complexity index is 786. The van der Waals surface area contributed by atoms with Gasteiger partial charge in [0.05, 0.1) is 5.92 Å². The van der Waals surface area contributed by atoms with E-state index in [1.807, 2.05) is 0 Å². The standard InChI is InChI=1S/C25H32O2/c1-16(2)13-18-5-8-20(9-6-18)21-11-12-23(25(26)27)22-10-7-19(14-17(3)4)15-24(21)22/h5-10,15-17,21,23H,11-14H2,1-4H3,(H,26,27). The first-order valence-corrected chi connectivity index (χ1v) is 10.3. The molecule has 1 aliphatic carbocycles. The van der Waals surface area contributed by atoms with Gasteiger partial charge in [-0.05, 0) is 65.3 Å². The van der Waals surface area contributed by atoms with Crippen LogP contribution in [0.15, 0.2) is 42.5 Å². The molecule has 0 amide bonds. The molecular weight excluding hydrogens is 332 g/mol. The van der Waals surface area contributed by atoms with Crippen LogP contribution in [0.5, 0.6) is 0 Å². The maximum atomic E-state index is 11.8. The second-order valence-electron chi connectivity index (χ2n) is 8.92. The Kier molecular flexibility index (Phi) is 6.04. The van der Waals surface area contributed by atoms with E-state index in [0.717, 1.165) is 24.8 Å². The molecule has 1 aliphatic rings. The number of hydrogen-bond donors (Lipinski definition) is 1. The minimum atomic E-state index is -0.696. The van der Waals surface area contributed by atoms with E-state index in [1.165, 1.54) is 22.3 Å². The number of carbonyl (C=O) groups is 1. The van der Waals surface area contributed by atoms with E-state index in [-0.39, 0.29) is 5.92 Å². The highest BCUT2D eigenvalue weighted by molar-refractivity contribution is 5.77. The molecule has 2 nitrogen and oxygen atoms in total. The van der Waals surface area contributed by atoms with Crippen molar-refractivity contribution in [2.45, 2.75) is 65.2 Å². The summed E-state index contributed by atoms with van der Waals surface area (Å²) in [5.74, 6) is 0.482. The SMILES string of the molecule is CC(C)Cc1ccc(C2CCC(C(=O)O)c3ccc(CC(C)C)cc32)cc1. The van der Waals surface area contributed by atoms with Crippen LogP contribution in [0, 0.1) is 11.8 Å². The minimum absolute atomic E-state index is 0.302. The van der Waals surface area contributed by atoms with E-state index in [9.17, 15) is 9.90 Å². The first-order chi connectivity index (χ1) is 12.8. The summed E-state index contributed by atoms with van der Waals surface area (Å²) in [6.45, 7) is 8.94. The van der Waals surface area contributed by atoms with Crippen LogP contribution in [0.1, 0.15) is 80.2 Å². The molecule has 2 aromatic rings. The summed E-state index contributed by atoms with van der Waals surface area (Å²) in [5, 5.41) is 9.68. The molecule has 2 heteroatoms.